The fourth-order valence-electron chi connectivity index (χ4n) is 2.44. The summed E-state index contributed by atoms with van der Waals surface area (Å²) in [5, 5.41) is 0.953. The molecule has 24 heavy (non-hydrogen) atoms. The third kappa shape index (κ3) is 3.08. The highest BCUT2D eigenvalue weighted by Gasteiger charge is 2.15. The topological polar surface area (TPSA) is 64.2 Å². The Kier molecular flexibility index (Phi) is 4.44. The number of halogens is 1. The van der Waals surface area contributed by atoms with Gasteiger partial charge in [0, 0.05) is 11.6 Å². The van der Waals surface area contributed by atoms with Crippen LogP contribution in [0.15, 0.2) is 41.2 Å². The molecule has 0 bridgehead atoms. The van der Waals surface area contributed by atoms with E-state index in [2.05, 4.69) is 9.97 Å². The van der Waals surface area contributed by atoms with Gasteiger partial charge in [0.2, 0.25) is 0 Å². The van der Waals surface area contributed by atoms with E-state index in [0.717, 1.165) is 0 Å². The second-order valence-electron chi connectivity index (χ2n) is 5.58. The molecule has 0 radical (unpaired) electrons. The lowest BCUT2D eigenvalue weighted by Crippen LogP contribution is -2.10. The molecule has 1 heterocycles. The first-order valence-corrected chi connectivity index (χ1v) is 7.91. The summed E-state index contributed by atoms with van der Waals surface area (Å²) in [5.41, 5.74) is 0.967. The van der Waals surface area contributed by atoms with Gasteiger partial charge in [0.05, 0.1) is 29.1 Å². The Labute approximate surface area is 144 Å². The van der Waals surface area contributed by atoms with Crippen molar-refractivity contribution in [2.24, 2.45) is 0 Å². The zero-order chi connectivity index (χ0) is 17.3. The van der Waals surface area contributed by atoms with Crippen molar-refractivity contribution in [1.82, 2.24) is 9.97 Å². The quantitative estimate of drug-likeness (QED) is 0.775. The number of benzene rings is 2. The van der Waals surface area contributed by atoms with Gasteiger partial charge in [-0.3, -0.25) is 4.79 Å². The van der Waals surface area contributed by atoms with Crippen LogP contribution in [0.4, 0.5) is 0 Å². The molecule has 3 aromatic rings. The molecule has 0 aliphatic heterocycles. The van der Waals surface area contributed by atoms with Crippen LogP contribution < -0.4 is 15.0 Å². The van der Waals surface area contributed by atoms with Gasteiger partial charge >= 0.3 is 0 Å². The van der Waals surface area contributed by atoms with Gasteiger partial charge in [-0.05, 0) is 32.0 Å². The third-order valence-corrected chi connectivity index (χ3v) is 3.80. The van der Waals surface area contributed by atoms with Gasteiger partial charge in [-0.15, -0.1) is 0 Å². The minimum atomic E-state index is -0.215. The number of para-hydroxylation sites is 1. The van der Waals surface area contributed by atoms with Crippen LogP contribution in [0.5, 0.6) is 11.5 Å². The molecule has 0 atom stereocenters. The van der Waals surface area contributed by atoms with E-state index < -0.39 is 0 Å². The Morgan fingerprint density at radius 2 is 1.92 bits per heavy atom. The van der Waals surface area contributed by atoms with Crippen LogP contribution >= 0.6 is 11.6 Å². The first-order chi connectivity index (χ1) is 11.5. The van der Waals surface area contributed by atoms with Crippen molar-refractivity contribution < 1.29 is 9.47 Å². The highest BCUT2D eigenvalue weighted by atomic mass is 35.5. The van der Waals surface area contributed by atoms with E-state index in [4.69, 9.17) is 21.1 Å². The molecule has 2 aromatic carbocycles. The number of methoxy groups -OCH3 is 1. The molecule has 0 aliphatic rings. The standard InChI is InChI=1S/C18H17ClN2O3/c1-10(2)24-16-9-13(19)12(8-15(16)23-3)17-20-14-7-5-4-6-11(14)18(22)21-17/h4-10H,1-3H3,(H,20,21,22). The summed E-state index contributed by atoms with van der Waals surface area (Å²) in [5.74, 6) is 1.46. The third-order valence-electron chi connectivity index (χ3n) is 3.48. The lowest BCUT2D eigenvalue weighted by Gasteiger charge is -2.15. The maximum atomic E-state index is 12.3. The fourth-order valence-corrected chi connectivity index (χ4v) is 2.68. The Bertz CT molecular complexity index is 951. The van der Waals surface area contributed by atoms with E-state index in [9.17, 15) is 4.79 Å². The van der Waals surface area contributed by atoms with Crippen LogP contribution in [0.2, 0.25) is 5.02 Å². The largest absolute Gasteiger partial charge is 0.493 e. The molecule has 3 rings (SSSR count). The number of ether oxygens (including phenoxy) is 2. The van der Waals surface area contributed by atoms with Crippen molar-refractivity contribution in [2.45, 2.75) is 20.0 Å². The average Bonchev–Trinajstić information content (AvgIpc) is 2.54. The van der Waals surface area contributed by atoms with Gasteiger partial charge in [0.15, 0.2) is 11.5 Å². The van der Waals surface area contributed by atoms with E-state index in [1.807, 2.05) is 19.9 Å². The highest BCUT2D eigenvalue weighted by molar-refractivity contribution is 6.33. The van der Waals surface area contributed by atoms with E-state index in [-0.39, 0.29) is 11.7 Å². The molecule has 0 aliphatic carbocycles. The monoisotopic (exact) mass is 344 g/mol. The molecule has 0 saturated heterocycles. The maximum absolute atomic E-state index is 12.3. The zero-order valence-electron chi connectivity index (χ0n) is 13.6. The van der Waals surface area contributed by atoms with Gasteiger partial charge in [0.1, 0.15) is 5.82 Å². The maximum Gasteiger partial charge on any atom is 0.259 e. The number of aromatic nitrogens is 2. The van der Waals surface area contributed by atoms with Crippen molar-refractivity contribution in [2.75, 3.05) is 7.11 Å². The van der Waals surface area contributed by atoms with Crippen LogP contribution in [0.1, 0.15) is 13.8 Å². The van der Waals surface area contributed by atoms with Crippen LogP contribution in [0.3, 0.4) is 0 Å². The molecule has 124 valence electrons. The number of fused-ring (bicyclic) bond motifs is 1. The van der Waals surface area contributed by atoms with Gasteiger partial charge in [-0.2, -0.15) is 0 Å². The van der Waals surface area contributed by atoms with Crippen molar-refractivity contribution in [3.05, 3.63) is 51.8 Å². The smallest absolute Gasteiger partial charge is 0.259 e. The lowest BCUT2D eigenvalue weighted by molar-refractivity contribution is 0.230. The predicted octanol–water partition coefficient (Wildman–Crippen LogP) is 4.04. The van der Waals surface area contributed by atoms with Gasteiger partial charge in [-0.1, -0.05) is 23.7 Å². The summed E-state index contributed by atoms with van der Waals surface area (Å²) in [6.07, 6.45) is -0.0144. The van der Waals surface area contributed by atoms with Crippen LogP contribution in [0, 0.1) is 0 Å². The molecule has 0 fully saturated rings. The molecule has 1 aromatic heterocycles. The fraction of sp³-hybridized carbons (Fsp3) is 0.222. The first kappa shape index (κ1) is 16.3. The predicted molar refractivity (Wildman–Crippen MR) is 95.1 cm³/mol. The van der Waals surface area contributed by atoms with Crippen LogP contribution in [-0.4, -0.2) is 23.2 Å². The van der Waals surface area contributed by atoms with E-state index >= 15 is 0 Å². The number of H-pyrrole nitrogens is 1. The molecule has 0 spiro atoms. The summed E-state index contributed by atoms with van der Waals surface area (Å²) in [6, 6.07) is 10.5. The second kappa shape index (κ2) is 6.53. The minimum absolute atomic E-state index is 0.0144. The van der Waals surface area contributed by atoms with Gasteiger partial charge in [-0.25, -0.2) is 4.98 Å². The van der Waals surface area contributed by atoms with Crippen molar-refractivity contribution >= 4 is 22.5 Å². The van der Waals surface area contributed by atoms with Crippen LogP contribution in [-0.2, 0) is 0 Å². The summed E-state index contributed by atoms with van der Waals surface area (Å²) in [4.78, 5) is 19.5. The number of hydrogen-bond acceptors (Lipinski definition) is 4. The number of hydrogen-bond donors (Lipinski definition) is 1. The number of nitrogens with zero attached hydrogens (tertiary/aromatic N) is 1. The van der Waals surface area contributed by atoms with E-state index in [1.165, 1.54) is 0 Å². The number of aromatic amines is 1. The minimum Gasteiger partial charge on any atom is -0.493 e. The SMILES string of the molecule is COc1cc(-c2nc3ccccc3c(=O)[nH]2)c(Cl)cc1OC(C)C. The Hall–Kier alpha value is -2.53. The Morgan fingerprint density at radius 3 is 2.62 bits per heavy atom. The molecular formula is C18H17ClN2O3. The molecule has 0 saturated carbocycles. The van der Waals surface area contributed by atoms with E-state index in [1.54, 1.807) is 37.4 Å². The summed E-state index contributed by atoms with van der Waals surface area (Å²) < 4.78 is 11.1. The molecule has 6 heteroatoms. The molecular weight excluding hydrogens is 328 g/mol. The molecule has 5 nitrogen and oxygen atoms in total. The second-order valence-corrected chi connectivity index (χ2v) is 5.99. The van der Waals surface area contributed by atoms with Crippen molar-refractivity contribution in [1.29, 1.82) is 0 Å². The van der Waals surface area contributed by atoms with Crippen LogP contribution in [0.25, 0.3) is 22.3 Å². The normalized spacial score (nSPS) is 11.0. The van der Waals surface area contributed by atoms with Crippen molar-refractivity contribution in [3.8, 4) is 22.9 Å². The van der Waals surface area contributed by atoms with E-state index in [0.29, 0.717) is 38.8 Å². The summed E-state index contributed by atoms with van der Waals surface area (Å²) in [6.45, 7) is 3.84. The summed E-state index contributed by atoms with van der Waals surface area (Å²) in [7, 11) is 1.55. The molecule has 0 unspecified atom stereocenters. The summed E-state index contributed by atoms with van der Waals surface area (Å²) >= 11 is 6.38. The highest BCUT2D eigenvalue weighted by Crippen LogP contribution is 2.37. The number of rotatable bonds is 4. The zero-order valence-corrected chi connectivity index (χ0v) is 14.3. The van der Waals surface area contributed by atoms with Gasteiger partial charge in [0.25, 0.3) is 5.56 Å². The van der Waals surface area contributed by atoms with Gasteiger partial charge < -0.3 is 14.5 Å². The number of nitrogens with one attached hydrogen (secondary N) is 1. The van der Waals surface area contributed by atoms with Crippen molar-refractivity contribution in [3.63, 3.8) is 0 Å². The first-order valence-electron chi connectivity index (χ1n) is 7.53. The lowest BCUT2D eigenvalue weighted by atomic mass is 10.1. The average molecular weight is 345 g/mol. The molecule has 1 N–H and O–H groups in total. The Balaban J connectivity index is 2.17. The Morgan fingerprint density at radius 1 is 1.17 bits per heavy atom. The molecule has 0 amide bonds.